The monoisotopic (exact) mass is 892 g/mol. The lowest BCUT2D eigenvalue weighted by Crippen LogP contribution is -2.11. The van der Waals surface area contributed by atoms with Gasteiger partial charge in [0.15, 0.2) is 0 Å². The standard InChI is InChI=1S/C15H25N.2C12H18.C11H17N.C4H11N.CH4O.5CH4/c1-11(2)14-7-13(10-16(5)6)8-15(9-14)12(3)4;2*1-9(2)11-6-5-7-12(8-11)10(3)4;1-8(2)10-5-11(9(3)4)7-12-6-10;1-4-5(2)3;1-2;;;;;/h7-9,11-12H,10H2,1-6H3;2*5-10H,1-4H3;5-9H,1-4H3;4H2,1-3H3;2H,1H3;5*1H4. The Hall–Kier alpha value is -3.31. The topological polar surface area (TPSA) is 39.6 Å². The van der Waals surface area contributed by atoms with Gasteiger partial charge in [0.2, 0.25) is 0 Å². The highest BCUT2D eigenvalue weighted by Gasteiger charge is 2.08. The van der Waals surface area contributed by atoms with Gasteiger partial charge in [-0.2, -0.15) is 0 Å². The van der Waals surface area contributed by atoms with Gasteiger partial charge >= 0.3 is 0 Å². The van der Waals surface area contributed by atoms with Gasteiger partial charge < -0.3 is 14.9 Å². The molecule has 0 atom stereocenters. The summed E-state index contributed by atoms with van der Waals surface area (Å²) in [5.74, 6) is 4.95. The molecule has 4 aromatic rings. The average Bonchev–Trinajstić information content (AvgIpc) is 3.19. The van der Waals surface area contributed by atoms with Gasteiger partial charge in [-0.25, -0.2) is 0 Å². The Kier molecular flexibility index (Phi) is 48.2. The molecule has 4 nitrogen and oxygen atoms in total. The minimum atomic E-state index is 0. The SMILES string of the molecule is C.C.C.C.C.CC(C)c1cc(CN(C)C)cc(C(C)C)c1.CC(C)c1cccc(C(C)C)c1.CC(C)c1cccc(C(C)C)c1.CC(C)c1cncc(C(C)C)c1.CCN(C)C.CO. The first-order chi connectivity index (χ1) is 27.5. The number of pyridine rings is 1. The van der Waals surface area contributed by atoms with E-state index in [1.54, 1.807) is 0 Å². The van der Waals surface area contributed by atoms with Crippen LogP contribution in [0.25, 0.3) is 0 Å². The lowest BCUT2D eigenvalue weighted by Gasteiger charge is -2.16. The van der Waals surface area contributed by atoms with Crippen molar-refractivity contribution in [1.29, 1.82) is 0 Å². The first-order valence-corrected chi connectivity index (χ1v) is 22.5. The van der Waals surface area contributed by atoms with Crippen LogP contribution in [-0.2, 0) is 6.54 Å². The van der Waals surface area contributed by atoms with Crippen LogP contribution in [0.4, 0.5) is 0 Å². The van der Waals surface area contributed by atoms with E-state index in [4.69, 9.17) is 5.11 Å². The first-order valence-electron chi connectivity index (χ1n) is 22.5. The fourth-order valence-electron chi connectivity index (χ4n) is 5.53. The van der Waals surface area contributed by atoms with Crippen LogP contribution in [0.3, 0.4) is 0 Å². The fourth-order valence-corrected chi connectivity index (χ4v) is 5.53. The van der Waals surface area contributed by atoms with Crippen LogP contribution >= 0.6 is 0 Å². The molecule has 0 fully saturated rings. The van der Waals surface area contributed by atoms with Gasteiger partial charge in [-0.1, -0.05) is 228 Å². The van der Waals surface area contributed by atoms with Crippen LogP contribution in [-0.4, -0.2) is 61.7 Å². The van der Waals surface area contributed by atoms with Crippen LogP contribution < -0.4 is 0 Å². The van der Waals surface area contributed by atoms with Gasteiger partial charge in [0.05, 0.1) is 0 Å². The van der Waals surface area contributed by atoms with Crippen molar-refractivity contribution < 1.29 is 5.11 Å². The third-order valence-corrected chi connectivity index (χ3v) is 10.1. The Balaban J connectivity index is -0.000000126. The molecule has 374 valence electrons. The molecule has 3 aromatic carbocycles. The number of hydrogen-bond donors (Lipinski definition) is 1. The summed E-state index contributed by atoms with van der Waals surface area (Å²) >= 11 is 0. The molecule has 1 heterocycles. The van der Waals surface area contributed by atoms with E-state index in [0.29, 0.717) is 47.3 Å². The maximum absolute atomic E-state index is 7.00. The number of aliphatic hydroxyl groups excluding tert-OH is 1. The summed E-state index contributed by atoms with van der Waals surface area (Å²) in [5.41, 5.74) is 12.8. The molecule has 4 heteroatoms. The zero-order valence-corrected chi connectivity index (χ0v) is 42.4. The van der Waals surface area contributed by atoms with Gasteiger partial charge in [0, 0.05) is 26.0 Å². The van der Waals surface area contributed by atoms with Crippen molar-refractivity contribution in [3.63, 3.8) is 0 Å². The quantitative estimate of drug-likeness (QED) is 0.163. The maximum Gasteiger partial charge on any atom is 0.0319 e. The third-order valence-electron chi connectivity index (χ3n) is 10.1. The molecule has 0 saturated carbocycles. The Morgan fingerprint density at radius 1 is 0.375 bits per heavy atom. The molecule has 0 spiro atoms. The average molecular weight is 893 g/mol. The van der Waals surface area contributed by atoms with Gasteiger partial charge in [-0.05, 0) is 132 Å². The minimum absolute atomic E-state index is 0. The number of benzene rings is 3. The minimum Gasteiger partial charge on any atom is -0.400 e. The molecule has 64 heavy (non-hydrogen) atoms. The molecule has 1 aromatic heterocycles. The van der Waals surface area contributed by atoms with E-state index >= 15 is 0 Å². The summed E-state index contributed by atoms with van der Waals surface area (Å²) in [6.45, 7) is 40.0. The van der Waals surface area contributed by atoms with Crippen LogP contribution in [0.1, 0.15) is 252 Å². The third kappa shape index (κ3) is 33.2. The van der Waals surface area contributed by atoms with Crippen molar-refractivity contribution in [2.75, 3.05) is 41.8 Å². The molecular formula is C60H113N3O. The number of aromatic nitrogens is 1. The van der Waals surface area contributed by atoms with Gasteiger partial charge in [0.1, 0.15) is 0 Å². The van der Waals surface area contributed by atoms with E-state index in [-0.39, 0.29) is 37.1 Å². The van der Waals surface area contributed by atoms with Crippen molar-refractivity contribution in [3.8, 4) is 0 Å². The molecule has 0 aliphatic carbocycles. The molecular weight excluding hydrogens is 779 g/mol. The molecule has 0 aliphatic rings. The summed E-state index contributed by atoms with van der Waals surface area (Å²) in [6.07, 6.45) is 3.91. The second-order valence-electron chi connectivity index (χ2n) is 18.8. The van der Waals surface area contributed by atoms with Crippen LogP contribution in [0.15, 0.2) is 85.2 Å². The highest BCUT2D eigenvalue weighted by atomic mass is 16.2. The van der Waals surface area contributed by atoms with E-state index < -0.39 is 0 Å². The molecule has 0 unspecified atom stereocenters. The van der Waals surface area contributed by atoms with E-state index in [2.05, 4.69) is 233 Å². The largest absolute Gasteiger partial charge is 0.400 e. The second-order valence-corrected chi connectivity index (χ2v) is 18.8. The van der Waals surface area contributed by atoms with Crippen molar-refractivity contribution in [1.82, 2.24) is 14.8 Å². The van der Waals surface area contributed by atoms with E-state index in [0.717, 1.165) is 20.2 Å². The molecule has 0 bridgehead atoms. The maximum atomic E-state index is 7.00. The smallest absolute Gasteiger partial charge is 0.0319 e. The zero-order chi connectivity index (χ0) is 46.0. The van der Waals surface area contributed by atoms with Crippen molar-refractivity contribution in [2.24, 2.45) is 0 Å². The van der Waals surface area contributed by atoms with Gasteiger partial charge in [-0.15, -0.1) is 0 Å². The second kappa shape index (κ2) is 41.1. The predicted octanol–water partition coefficient (Wildman–Crippen LogP) is 18.5. The van der Waals surface area contributed by atoms with Gasteiger partial charge in [-0.3, -0.25) is 4.98 Å². The van der Waals surface area contributed by atoms with Crippen LogP contribution in [0.2, 0.25) is 0 Å². The Bertz CT molecular complexity index is 1400. The molecule has 0 aliphatic heterocycles. The summed E-state index contributed by atoms with van der Waals surface area (Å²) in [5, 5.41) is 7.00. The highest BCUT2D eigenvalue weighted by Crippen LogP contribution is 2.25. The Labute approximate surface area is 404 Å². The molecule has 0 amide bonds. The van der Waals surface area contributed by atoms with Crippen LogP contribution in [0, 0.1) is 0 Å². The number of hydrogen-bond acceptors (Lipinski definition) is 4. The fraction of sp³-hybridized carbons (Fsp3) is 0.617. The van der Waals surface area contributed by atoms with Crippen LogP contribution in [0.5, 0.6) is 0 Å². The Morgan fingerprint density at radius 3 is 0.797 bits per heavy atom. The summed E-state index contributed by atoms with van der Waals surface area (Å²) in [7, 11) is 9.36. The number of rotatable bonds is 11. The number of aliphatic hydroxyl groups is 1. The normalized spacial score (nSPS) is 10.1. The van der Waals surface area contributed by atoms with Crippen molar-refractivity contribution >= 4 is 0 Å². The zero-order valence-electron chi connectivity index (χ0n) is 42.4. The molecule has 1 N–H and O–H groups in total. The van der Waals surface area contributed by atoms with E-state index in [9.17, 15) is 0 Å². The molecule has 4 rings (SSSR count). The van der Waals surface area contributed by atoms with Crippen molar-refractivity contribution in [2.45, 2.75) is 209 Å². The highest BCUT2D eigenvalue weighted by molar-refractivity contribution is 5.34. The molecule has 0 radical (unpaired) electrons. The summed E-state index contributed by atoms with van der Waals surface area (Å²) in [4.78, 5) is 8.58. The number of nitrogens with zero attached hydrogens (tertiary/aromatic N) is 3. The predicted molar refractivity (Wildman–Crippen MR) is 300 cm³/mol. The lowest BCUT2D eigenvalue weighted by molar-refractivity contribution is 0.399. The van der Waals surface area contributed by atoms with Crippen molar-refractivity contribution in [3.05, 3.63) is 135 Å². The summed E-state index contributed by atoms with van der Waals surface area (Å²) < 4.78 is 0. The molecule has 0 saturated heterocycles. The van der Waals surface area contributed by atoms with Gasteiger partial charge in [0.25, 0.3) is 0 Å². The summed E-state index contributed by atoms with van der Waals surface area (Å²) in [6, 6.07) is 27.1. The first kappa shape index (κ1) is 75.0. The lowest BCUT2D eigenvalue weighted by atomic mass is 9.93. The van der Waals surface area contributed by atoms with E-state index in [1.165, 1.54) is 50.1 Å². The Morgan fingerprint density at radius 2 is 0.594 bits per heavy atom. The van der Waals surface area contributed by atoms with E-state index in [1.807, 2.05) is 12.4 Å².